The van der Waals surface area contributed by atoms with Gasteiger partial charge in [0.15, 0.2) is 0 Å². The van der Waals surface area contributed by atoms with Gasteiger partial charge in [0.25, 0.3) is 0 Å². The van der Waals surface area contributed by atoms with Gasteiger partial charge in [-0.3, -0.25) is 4.90 Å². The molecular weight excluding hydrogens is 298 g/mol. The highest BCUT2D eigenvalue weighted by molar-refractivity contribution is 5.62. The van der Waals surface area contributed by atoms with Gasteiger partial charge < -0.3 is 15.5 Å². The predicted octanol–water partition coefficient (Wildman–Crippen LogP) is 2.06. The SMILES string of the molecule is CN1CCN(Cc2cccc(N(C)c3ncccc3CN)c2)CC1. The van der Waals surface area contributed by atoms with E-state index in [1.807, 2.05) is 18.3 Å². The first kappa shape index (κ1) is 16.9. The molecule has 128 valence electrons. The van der Waals surface area contributed by atoms with Crippen molar-refractivity contribution in [1.29, 1.82) is 0 Å². The Morgan fingerprint density at radius 2 is 1.92 bits per heavy atom. The molecule has 2 heterocycles. The third-order valence-corrected chi connectivity index (χ3v) is 4.71. The summed E-state index contributed by atoms with van der Waals surface area (Å²) in [5.41, 5.74) is 9.40. The lowest BCUT2D eigenvalue weighted by Gasteiger charge is -2.32. The van der Waals surface area contributed by atoms with Gasteiger partial charge in [0.1, 0.15) is 5.82 Å². The Bertz CT molecular complexity index is 664. The van der Waals surface area contributed by atoms with Gasteiger partial charge in [0.2, 0.25) is 0 Å². The number of likely N-dealkylation sites (N-methyl/N-ethyl adjacent to an activating group) is 1. The van der Waals surface area contributed by atoms with E-state index in [4.69, 9.17) is 5.73 Å². The molecule has 0 spiro atoms. The second-order valence-corrected chi connectivity index (χ2v) is 6.50. The number of nitrogens with two attached hydrogens (primary N) is 1. The van der Waals surface area contributed by atoms with E-state index in [-0.39, 0.29) is 0 Å². The normalized spacial score (nSPS) is 16.3. The first-order chi connectivity index (χ1) is 11.7. The molecule has 1 aliphatic rings. The number of rotatable bonds is 5. The van der Waals surface area contributed by atoms with E-state index >= 15 is 0 Å². The smallest absolute Gasteiger partial charge is 0.137 e. The van der Waals surface area contributed by atoms with E-state index < -0.39 is 0 Å². The van der Waals surface area contributed by atoms with Gasteiger partial charge in [0, 0.05) is 63.8 Å². The monoisotopic (exact) mass is 325 g/mol. The lowest BCUT2D eigenvalue weighted by molar-refractivity contribution is 0.148. The van der Waals surface area contributed by atoms with Crippen molar-refractivity contribution in [3.8, 4) is 0 Å². The van der Waals surface area contributed by atoms with Gasteiger partial charge in [-0.05, 0) is 30.8 Å². The van der Waals surface area contributed by atoms with Crippen LogP contribution in [0, 0.1) is 0 Å². The topological polar surface area (TPSA) is 48.6 Å². The Morgan fingerprint density at radius 1 is 1.12 bits per heavy atom. The molecule has 0 amide bonds. The highest BCUT2D eigenvalue weighted by Gasteiger charge is 2.15. The molecule has 3 rings (SSSR count). The van der Waals surface area contributed by atoms with Crippen molar-refractivity contribution in [2.24, 2.45) is 5.73 Å². The molecule has 0 saturated carbocycles. The molecule has 1 aromatic carbocycles. The second-order valence-electron chi connectivity index (χ2n) is 6.50. The number of hydrogen-bond donors (Lipinski definition) is 1. The van der Waals surface area contributed by atoms with Crippen LogP contribution in [0.3, 0.4) is 0 Å². The number of pyridine rings is 1. The summed E-state index contributed by atoms with van der Waals surface area (Å²) in [7, 11) is 4.24. The maximum Gasteiger partial charge on any atom is 0.137 e. The lowest BCUT2D eigenvalue weighted by atomic mass is 10.1. The van der Waals surface area contributed by atoms with E-state index in [1.165, 1.54) is 5.56 Å². The van der Waals surface area contributed by atoms with Crippen LogP contribution in [0.5, 0.6) is 0 Å². The van der Waals surface area contributed by atoms with Crippen molar-refractivity contribution in [3.63, 3.8) is 0 Å². The average molecular weight is 325 g/mol. The third-order valence-electron chi connectivity index (χ3n) is 4.71. The fourth-order valence-electron chi connectivity index (χ4n) is 3.14. The van der Waals surface area contributed by atoms with Gasteiger partial charge in [-0.2, -0.15) is 0 Å². The number of anilines is 2. The van der Waals surface area contributed by atoms with E-state index in [0.717, 1.165) is 49.8 Å². The summed E-state index contributed by atoms with van der Waals surface area (Å²) in [6, 6.07) is 12.7. The Balaban J connectivity index is 1.75. The quantitative estimate of drug-likeness (QED) is 0.912. The van der Waals surface area contributed by atoms with Gasteiger partial charge >= 0.3 is 0 Å². The molecular formula is C19H27N5. The minimum atomic E-state index is 0.495. The zero-order chi connectivity index (χ0) is 16.9. The molecule has 0 bridgehead atoms. The van der Waals surface area contributed by atoms with Gasteiger partial charge in [-0.15, -0.1) is 0 Å². The molecule has 0 atom stereocenters. The fraction of sp³-hybridized carbons (Fsp3) is 0.421. The summed E-state index contributed by atoms with van der Waals surface area (Å²) in [6.45, 7) is 6.05. The maximum atomic E-state index is 5.85. The minimum absolute atomic E-state index is 0.495. The molecule has 1 saturated heterocycles. The molecule has 2 N–H and O–H groups in total. The molecule has 2 aromatic rings. The Hall–Kier alpha value is -1.95. The fourth-order valence-corrected chi connectivity index (χ4v) is 3.14. The zero-order valence-electron chi connectivity index (χ0n) is 14.7. The van der Waals surface area contributed by atoms with Crippen LogP contribution >= 0.6 is 0 Å². The van der Waals surface area contributed by atoms with E-state index in [0.29, 0.717) is 6.54 Å². The van der Waals surface area contributed by atoms with E-state index in [2.05, 4.69) is 58.0 Å². The maximum absolute atomic E-state index is 5.85. The number of piperazine rings is 1. The molecule has 0 aliphatic carbocycles. The molecule has 1 fully saturated rings. The Labute approximate surface area is 144 Å². The Kier molecular flexibility index (Phi) is 5.45. The van der Waals surface area contributed by atoms with Crippen molar-refractivity contribution in [2.45, 2.75) is 13.1 Å². The molecule has 0 unspecified atom stereocenters. The number of nitrogens with zero attached hydrogens (tertiary/aromatic N) is 4. The van der Waals surface area contributed by atoms with Crippen LogP contribution in [0.1, 0.15) is 11.1 Å². The second kappa shape index (κ2) is 7.75. The van der Waals surface area contributed by atoms with Crippen molar-refractivity contribution < 1.29 is 0 Å². The average Bonchev–Trinajstić information content (AvgIpc) is 2.63. The molecule has 1 aliphatic heterocycles. The summed E-state index contributed by atoms with van der Waals surface area (Å²) in [5, 5.41) is 0. The number of benzene rings is 1. The highest BCUT2D eigenvalue weighted by Crippen LogP contribution is 2.25. The molecule has 0 radical (unpaired) electrons. The van der Waals surface area contributed by atoms with Crippen LogP contribution in [-0.2, 0) is 13.1 Å². The van der Waals surface area contributed by atoms with Crippen molar-refractivity contribution in [2.75, 3.05) is 45.2 Å². The molecule has 24 heavy (non-hydrogen) atoms. The molecule has 5 nitrogen and oxygen atoms in total. The Morgan fingerprint density at radius 3 is 2.67 bits per heavy atom. The summed E-state index contributed by atoms with van der Waals surface area (Å²) in [6.07, 6.45) is 1.82. The third kappa shape index (κ3) is 3.93. The number of aromatic nitrogens is 1. The summed E-state index contributed by atoms with van der Waals surface area (Å²) in [5.74, 6) is 0.928. The summed E-state index contributed by atoms with van der Waals surface area (Å²) in [4.78, 5) is 11.5. The largest absolute Gasteiger partial charge is 0.329 e. The summed E-state index contributed by atoms with van der Waals surface area (Å²) >= 11 is 0. The first-order valence-corrected chi connectivity index (χ1v) is 8.55. The van der Waals surface area contributed by atoms with Gasteiger partial charge in [-0.25, -0.2) is 4.98 Å². The first-order valence-electron chi connectivity index (χ1n) is 8.55. The summed E-state index contributed by atoms with van der Waals surface area (Å²) < 4.78 is 0. The van der Waals surface area contributed by atoms with Crippen molar-refractivity contribution in [1.82, 2.24) is 14.8 Å². The molecule has 1 aromatic heterocycles. The van der Waals surface area contributed by atoms with E-state index in [9.17, 15) is 0 Å². The predicted molar refractivity (Wildman–Crippen MR) is 99.4 cm³/mol. The zero-order valence-corrected chi connectivity index (χ0v) is 14.7. The van der Waals surface area contributed by atoms with Crippen LogP contribution in [-0.4, -0.2) is 55.1 Å². The molecule has 5 heteroatoms. The van der Waals surface area contributed by atoms with Crippen LogP contribution in [0.4, 0.5) is 11.5 Å². The van der Waals surface area contributed by atoms with Crippen LogP contribution in [0.2, 0.25) is 0 Å². The van der Waals surface area contributed by atoms with Crippen molar-refractivity contribution >= 4 is 11.5 Å². The van der Waals surface area contributed by atoms with Crippen LogP contribution in [0.25, 0.3) is 0 Å². The van der Waals surface area contributed by atoms with E-state index in [1.54, 1.807) is 0 Å². The minimum Gasteiger partial charge on any atom is -0.329 e. The standard InChI is InChI=1S/C19H27N5/c1-22-9-11-24(12-10-22)15-16-5-3-7-18(13-16)23(2)19-17(14-20)6-4-8-21-19/h3-8,13H,9-12,14-15,20H2,1-2H3. The van der Waals surface area contributed by atoms with Gasteiger partial charge in [0.05, 0.1) is 0 Å². The van der Waals surface area contributed by atoms with Crippen LogP contribution < -0.4 is 10.6 Å². The van der Waals surface area contributed by atoms with Crippen molar-refractivity contribution in [3.05, 3.63) is 53.7 Å². The lowest BCUT2D eigenvalue weighted by Crippen LogP contribution is -2.43. The highest BCUT2D eigenvalue weighted by atomic mass is 15.2. The van der Waals surface area contributed by atoms with Gasteiger partial charge in [-0.1, -0.05) is 18.2 Å². The van der Waals surface area contributed by atoms with Crippen LogP contribution in [0.15, 0.2) is 42.6 Å². The number of hydrogen-bond acceptors (Lipinski definition) is 5.